The summed E-state index contributed by atoms with van der Waals surface area (Å²) in [4.78, 5) is 16.4. The number of aryl methyl sites for hydroxylation is 1. The molecule has 0 radical (unpaired) electrons. The van der Waals surface area contributed by atoms with Crippen LogP contribution in [0.25, 0.3) is 11.0 Å². The molecule has 0 bridgehead atoms. The summed E-state index contributed by atoms with van der Waals surface area (Å²) in [6.45, 7) is 5.87. The largest absolute Gasteiger partial charge is 0.356 e. The fourth-order valence-corrected chi connectivity index (χ4v) is 4.82. The molecule has 1 heterocycles. The Balaban J connectivity index is 1.53. The summed E-state index contributed by atoms with van der Waals surface area (Å²) in [6, 6.07) is 8.41. The zero-order valence-electron chi connectivity index (χ0n) is 22.3. The number of nitrogens with zero attached hydrogens (tertiary/aromatic N) is 2. The van der Waals surface area contributed by atoms with E-state index in [0.29, 0.717) is 13.0 Å². The molecule has 1 amide bonds. The number of benzene rings is 1. The maximum Gasteiger partial charge on any atom is 0.219 e. The maximum absolute atomic E-state index is 11.6. The first-order chi connectivity index (χ1) is 16.8. The lowest BCUT2D eigenvalue weighted by molar-refractivity contribution is -0.120. The van der Waals surface area contributed by atoms with E-state index >= 15 is 0 Å². The average Bonchev–Trinajstić information content (AvgIpc) is 3.20. The average molecular weight is 470 g/mol. The van der Waals surface area contributed by atoms with Crippen molar-refractivity contribution in [3.63, 3.8) is 0 Å². The van der Waals surface area contributed by atoms with E-state index in [2.05, 4.69) is 41.1 Å². The topological polar surface area (TPSA) is 46.9 Å². The van der Waals surface area contributed by atoms with Crippen LogP contribution in [0.1, 0.15) is 129 Å². The molecular formula is C30H51N3O. The van der Waals surface area contributed by atoms with Crippen LogP contribution in [0.2, 0.25) is 0 Å². The molecule has 0 fully saturated rings. The highest BCUT2D eigenvalue weighted by Gasteiger charge is 2.10. The molecule has 0 atom stereocenters. The van der Waals surface area contributed by atoms with Crippen molar-refractivity contribution in [2.75, 3.05) is 6.54 Å². The zero-order valence-corrected chi connectivity index (χ0v) is 22.3. The van der Waals surface area contributed by atoms with Gasteiger partial charge in [0.15, 0.2) is 0 Å². The predicted molar refractivity (Wildman–Crippen MR) is 146 cm³/mol. The minimum Gasteiger partial charge on any atom is -0.356 e. The normalized spacial score (nSPS) is 11.4. The fourth-order valence-electron chi connectivity index (χ4n) is 4.82. The summed E-state index contributed by atoms with van der Waals surface area (Å²) in [5, 5.41) is 2.98. The quantitative estimate of drug-likeness (QED) is 0.187. The fraction of sp³-hybridized carbons (Fsp3) is 0.733. The lowest BCUT2D eigenvalue weighted by Crippen LogP contribution is -2.25. The number of nitrogens with one attached hydrogen (secondary N) is 1. The van der Waals surface area contributed by atoms with Crippen LogP contribution < -0.4 is 5.32 Å². The molecule has 4 nitrogen and oxygen atoms in total. The zero-order chi connectivity index (χ0) is 24.3. The number of carbonyl (C=O) groups is 1. The molecule has 192 valence electrons. The lowest BCUT2D eigenvalue weighted by Gasteiger charge is -2.10. The Morgan fingerprint density at radius 2 is 1.29 bits per heavy atom. The monoisotopic (exact) mass is 469 g/mol. The van der Waals surface area contributed by atoms with E-state index in [0.717, 1.165) is 24.3 Å². The Morgan fingerprint density at radius 3 is 1.85 bits per heavy atom. The van der Waals surface area contributed by atoms with Gasteiger partial charge in [-0.2, -0.15) is 0 Å². The molecule has 2 rings (SSSR count). The molecule has 0 aliphatic carbocycles. The highest BCUT2D eigenvalue weighted by Crippen LogP contribution is 2.18. The van der Waals surface area contributed by atoms with Gasteiger partial charge in [0.2, 0.25) is 5.91 Å². The number of hydrogen-bond donors (Lipinski definition) is 1. The van der Waals surface area contributed by atoms with Crippen LogP contribution in [0.5, 0.6) is 0 Å². The molecule has 4 heteroatoms. The Morgan fingerprint density at radius 1 is 0.765 bits per heavy atom. The van der Waals surface area contributed by atoms with Crippen LogP contribution >= 0.6 is 0 Å². The van der Waals surface area contributed by atoms with Gasteiger partial charge in [-0.1, -0.05) is 122 Å². The van der Waals surface area contributed by atoms with Crippen molar-refractivity contribution in [3.05, 3.63) is 30.1 Å². The minimum atomic E-state index is 0.112. The van der Waals surface area contributed by atoms with Gasteiger partial charge < -0.3 is 9.88 Å². The Bertz CT molecular complexity index is 782. The number of fused-ring (bicyclic) bond motifs is 1. The Labute approximate surface area is 209 Å². The summed E-state index contributed by atoms with van der Waals surface area (Å²) in [7, 11) is 0. The molecule has 0 spiro atoms. The van der Waals surface area contributed by atoms with Gasteiger partial charge in [0.1, 0.15) is 5.82 Å². The highest BCUT2D eigenvalue weighted by atomic mass is 16.1. The van der Waals surface area contributed by atoms with Crippen molar-refractivity contribution in [3.8, 4) is 0 Å². The smallest absolute Gasteiger partial charge is 0.219 e. The molecule has 0 saturated heterocycles. The summed E-state index contributed by atoms with van der Waals surface area (Å²) < 4.78 is 2.37. The van der Waals surface area contributed by atoms with Gasteiger partial charge >= 0.3 is 0 Å². The molecule has 0 unspecified atom stereocenters. The maximum atomic E-state index is 11.6. The van der Waals surface area contributed by atoms with Crippen LogP contribution in [0.3, 0.4) is 0 Å². The van der Waals surface area contributed by atoms with Crippen molar-refractivity contribution < 1.29 is 4.79 Å². The van der Waals surface area contributed by atoms with Crippen LogP contribution in [-0.2, 0) is 17.8 Å². The van der Waals surface area contributed by atoms with Gasteiger partial charge in [-0.3, -0.25) is 4.79 Å². The Hall–Kier alpha value is -1.84. The first-order valence-electron chi connectivity index (χ1n) is 14.5. The number of unbranched alkanes of at least 4 members (excludes halogenated alkanes) is 15. The molecule has 0 aliphatic heterocycles. The number of hydrogen-bond acceptors (Lipinski definition) is 2. The third kappa shape index (κ3) is 11.5. The first-order valence-corrected chi connectivity index (χ1v) is 14.5. The second-order valence-corrected chi connectivity index (χ2v) is 9.93. The van der Waals surface area contributed by atoms with E-state index in [-0.39, 0.29) is 5.91 Å². The van der Waals surface area contributed by atoms with E-state index in [1.165, 1.54) is 108 Å². The lowest BCUT2D eigenvalue weighted by atomic mass is 10.0. The third-order valence-corrected chi connectivity index (χ3v) is 6.96. The number of imidazole rings is 1. The van der Waals surface area contributed by atoms with Crippen molar-refractivity contribution in [2.45, 2.75) is 136 Å². The summed E-state index contributed by atoms with van der Waals surface area (Å²) >= 11 is 0. The molecule has 34 heavy (non-hydrogen) atoms. The van der Waals surface area contributed by atoms with E-state index in [9.17, 15) is 4.79 Å². The second kappa shape index (κ2) is 18.5. The van der Waals surface area contributed by atoms with E-state index in [1.807, 2.05) is 6.92 Å². The Kier molecular flexibility index (Phi) is 15.4. The molecule has 1 aromatic heterocycles. The van der Waals surface area contributed by atoms with Gasteiger partial charge in [0.25, 0.3) is 0 Å². The van der Waals surface area contributed by atoms with Gasteiger partial charge in [-0.05, 0) is 18.6 Å². The molecule has 0 aliphatic rings. The molecule has 2 aromatic rings. The highest BCUT2D eigenvalue weighted by molar-refractivity contribution is 5.76. The van der Waals surface area contributed by atoms with Crippen molar-refractivity contribution in [2.24, 2.45) is 0 Å². The van der Waals surface area contributed by atoms with Crippen molar-refractivity contribution in [1.29, 1.82) is 0 Å². The van der Waals surface area contributed by atoms with Crippen molar-refractivity contribution >= 4 is 16.9 Å². The summed E-state index contributed by atoms with van der Waals surface area (Å²) in [5.41, 5.74) is 2.29. The van der Waals surface area contributed by atoms with E-state index in [4.69, 9.17) is 4.98 Å². The van der Waals surface area contributed by atoms with Crippen LogP contribution in [0, 0.1) is 0 Å². The van der Waals surface area contributed by atoms with Crippen LogP contribution in [0.4, 0.5) is 0 Å². The first kappa shape index (κ1) is 28.4. The van der Waals surface area contributed by atoms with Gasteiger partial charge in [0, 0.05) is 25.9 Å². The minimum absolute atomic E-state index is 0.112. The second-order valence-electron chi connectivity index (χ2n) is 9.93. The number of aromatic nitrogens is 2. The van der Waals surface area contributed by atoms with Crippen LogP contribution in [0.15, 0.2) is 24.3 Å². The molecule has 0 saturated carbocycles. The SMILES string of the molecule is CCCCCCCCCCCCCCCCCCn1c(CCNC(=O)CC)nc2ccccc21. The predicted octanol–water partition coefficient (Wildman–Crippen LogP) is 8.37. The standard InChI is InChI=1S/C30H51N3O/c1-3-5-6-7-8-9-10-11-12-13-14-15-16-17-18-21-26-33-28-23-20-19-22-27(28)32-29(33)24-25-31-30(34)4-2/h19-20,22-23H,3-18,21,24-26H2,1-2H3,(H,31,34). The molecule has 1 aromatic carbocycles. The van der Waals surface area contributed by atoms with E-state index < -0.39 is 0 Å². The van der Waals surface area contributed by atoms with Gasteiger partial charge in [0.05, 0.1) is 11.0 Å². The third-order valence-electron chi connectivity index (χ3n) is 6.96. The van der Waals surface area contributed by atoms with Gasteiger partial charge in [-0.25, -0.2) is 4.98 Å². The number of rotatable bonds is 21. The molecule has 1 N–H and O–H groups in total. The summed E-state index contributed by atoms with van der Waals surface area (Å²) in [5.74, 6) is 1.21. The van der Waals surface area contributed by atoms with Gasteiger partial charge in [-0.15, -0.1) is 0 Å². The number of carbonyl (C=O) groups excluding carboxylic acids is 1. The summed E-state index contributed by atoms with van der Waals surface area (Å²) in [6.07, 6.45) is 23.6. The number of amides is 1. The van der Waals surface area contributed by atoms with E-state index in [1.54, 1.807) is 0 Å². The molecular weight excluding hydrogens is 418 g/mol. The van der Waals surface area contributed by atoms with Crippen molar-refractivity contribution in [1.82, 2.24) is 14.9 Å². The van der Waals surface area contributed by atoms with Crippen LogP contribution in [-0.4, -0.2) is 22.0 Å². The number of para-hydroxylation sites is 2.